The van der Waals surface area contributed by atoms with Crippen LogP contribution in [0.15, 0.2) is 47.4 Å². The highest BCUT2D eigenvalue weighted by Crippen LogP contribution is 2.35. The van der Waals surface area contributed by atoms with Gasteiger partial charge in [-0.05, 0) is 56.0 Å². The van der Waals surface area contributed by atoms with Crippen LogP contribution >= 0.6 is 11.3 Å². The van der Waals surface area contributed by atoms with Gasteiger partial charge in [0.25, 0.3) is 5.91 Å². The van der Waals surface area contributed by atoms with Crippen molar-refractivity contribution >= 4 is 43.2 Å². The van der Waals surface area contributed by atoms with Gasteiger partial charge in [-0.2, -0.15) is 0 Å². The van der Waals surface area contributed by atoms with Crippen LogP contribution in [0, 0.1) is 0 Å². The van der Waals surface area contributed by atoms with Crippen LogP contribution in [0.2, 0.25) is 0 Å². The summed E-state index contributed by atoms with van der Waals surface area (Å²) in [6.07, 6.45) is 4.06. The number of benzene rings is 2. The molecule has 180 valence electrons. The van der Waals surface area contributed by atoms with Gasteiger partial charge < -0.3 is 9.80 Å². The number of piperidine rings is 1. The number of thiazole rings is 1. The van der Waals surface area contributed by atoms with Crippen LogP contribution in [0.3, 0.4) is 0 Å². The average Bonchev–Trinajstić information content (AvgIpc) is 3.53. The first kappa shape index (κ1) is 23.3. The first-order chi connectivity index (χ1) is 16.3. The van der Waals surface area contributed by atoms with E-state index in [0.717, 1.165) is 55.0 Å². The molecular formula is C25H30N4O3S2. The summed E-state index contributed by atoms with van der Waals surface area (Å²) in [6, 6.07) is 13.1. The fourth-order valence-electron chi connectivity index (χ4n) is 4.89. The average molecular weight is 499 g/mol. The second-order valence-corrected chi connectivity index (χ2v) is 12.5. The fraction of sp³-hybridized carbons (Fsp3) is 0.440. The number of hydrogen-bond acceptors (Lipinski definition) is 6. The lowest BCUT2D eigenvalue weighted by Crippen LogP contribution is -2.40. The molecule has 0 saturated carbocycles. The zero-order chi connectivity index (χ0) is 23.9. The summed E-state index contributed by atoms with van der Waals surface area (Å²) in [5.41, 5.74) is 2.32. The molecule has 9 heteroatoms. The zero-order valence-corrected chi connectivity index (χ0v) is 21.2. The predicted molar refractivity (Wildman–Crippen MR) is 136 cm³/mol. The van der Waals surface area contributed by atoms with Gasteiger partial charge in [-0.25, -0.2) is 17.7 Å². The maximum absolute atomic E-state index is 13.8. The van der Waals surface area contributed by atoms with E-state index in [1.165, 1.54) is 23.1 Å². The van der Waals surface area contributed by atoms with Crippen molar-refractivity contribution in [2.45, 2.75) is 36.5 Å². The first-order valence-corrected chi connectivity index (χ1v) is 14.1. The normalized spacial score (nSPS) is 19.3. The smallest absolute Gasteiger partial charge is 0.256 e. The van der Waals surface area contributed by atoms with E-state index in [4.69, 9.17) is 4.98 Å². The van der Waals surface area contributed by atoms with Gasteiger partial charge in [0, 0.05) is 51.9 Å². The largest absolute Gasteiger partial charge is 0.371 e. The van der Waals surface area contributed by atoms with Crippen molar-refractivity contribution in [1.29, 1.82) is 0 Å². The van der Waals surface area contributed by atoms with Gasteiger partial charge in [-0.3, -0.25) is 4.79 Å². The van der Waals surface area contributed by atoms with Crippen LogP contribution in [0.25, 0.3) is 10.2 Å². The lowest BCUT2D eigenvalue weighted by Gasteiger charge is -2.33. The molecule has 1 amide bonds. The number of carbonyl (C=O) groups excluding carboxylic acids is 1. The molecule has 0 unspecified atom stereocenters. The number of amides is 1. The van der Waals surface area contributed by atoms with Crippen molar-refractivity contribution in [3.8, 4) is 0 Å². The van der Waals surface area contributed by atoms with Crippen molar-refractivity contribution in [3.63, 3.8) is 0 Å². The van der Waals surface area contributed by atoms with Crippen molar-refractivity contribution in [2.24, 2.45) is 0 Å². The Bertz CT molecular complexity index is 1280. The maximum Gasteiger partial charge on any atom is 0.256 e. The van der Waals surface area contributed by atoms with E-state index in [1.807, 2.05) is 29.2 Å². The van der Waals surface area contributed by atoms with Gasteiger partial charge in [0.2, 0.25) is 10.0 Å². The van der Waals surface area contributed by atoms with Crippen LogP contribution < -0.4 is 4.90 Å². The Kier molecular flexibility index (Phi) is 6.35. The predicted octanol–water partition coefficient (Wildman–Crippen LogP) is 4.17. The summed E-state index contributed by atoms with van der Waals surface area (Å²) in [4.78, 5) is 22.9. The number of likely N-dealkylation sites (tertiary alicyclic amines) is 1. The van der Waals surface area contributed by atoms with E-state index in [9.17, 15) is 13.2 Å². The first-order valence-electron chi connectivity index (χ1n) is 11.8. The van der Waals surface area contributed by atoms with Gasteiger partial charge in [0.05, 0.1) is 25.7 Å². The Hall–Kier alpha value is -2.49. The Labute approximate surface area is 205 Å². The van der Waals surface area contributed by atoms with Gasteiger partial charge in [0.15, 0.2) is 0 Å². The maximum atomic E-state index is 13.8. The number of aromatic nitrogens is 1. The summed E-state index contributed by atoms with van der Waals surface area (Å²) in [5.74, 6) is 0.0996. The Balaban J connectivity index is 1.47. The van der Waals surface area contributed by atoms with Gasteiger partial charge >= 0.3 is 0 Å². The van der Waals surface area contributed by atoms with Crippen molar-refractivity contribution in [3.05, 3.63) is 53.0 Å². The molecule has 0 aliphatic carbocycles. The SMILES string of the molecule is CN(C)S(=O)(=O)c1ccc(N2CCCC2)c(C(=O)N2CCC[C@H](c3nc4ccccc4s3)C2)c1. The molecule has 7 nitrogen and oxygen atoms in total. The minimum Gasteiger partial charge on any atom is -0.371 e. The number of fused-ring (bicyclic) bond motifs is 1. The quantitative estimate of drug-likeness (QED) is 0.528. The molecule has 2 saturated heterocycles. The molecular weight excluding hydrogens is 468 g/mol. The minimum absolute atomic E-state index is 0.0940. The lowest BCUT2D eigenvalue weighted by molar-refractivity contribution is 0.0707. The highest BCUT2D eigenvalue weighted by molar-refractivity contribution is 7.89. The molecule has 0 spiro atoms. The van der Waals surface area contributed by atoms with E-state index < -0.39 is 10.0 Å². The zero-order valence-electron chi connectivity index (χ0n) is 19.6. The van der Waals surface area contributed by atoms with Crippen LogP contribution in [-0.4, -0.2) is 68.8 Å². The molecule has 0 bridgehead atoms. The van der Waals surface area contributed by atoms with E-state index in [0.29, 0.717) is 18.7 Å². The second kappa shape index (κ2) is 9.28. The van der Waals surface area contributed by atoms with Gasteiger partial charge in [-0.15, -0.1) is 11.3 Å². The molecule has 5 rings (SSSR count). The second-order valence-electron chi connectivity index (χ2n) is 9.27. The third kappa shape index (κ3) is 4.32. The number of carbonyl (C=O) groups is 1. The van der Waals surface area contributed by atoms with E-state index in [1.54, 1.807) is 23.5 Å². The number of para-hydroxylation sites is 1. The summed E-state index contributed by atoms with van der Waals surface area (Å²) in [5, 5.41) is 1.07. The van der Waals surface area contributed by atoms with Crippen molar-refractivity contribution < 1.29 is 13.2 Å². The third-order valence-electron chi connectivity index (χ3n) is 6.79. The van der Waals surface area contributed by atoms with Gasteiger partial charge in [0.1, 0.15) is 0 Å². The molecule has 2 fully saturated rings. The minimum atomic E-state index is -3.64. The van der Waals surface area contributed by atoms with E-state index >= 15 is 0 Å². The van der Waals surface area contributed by atoms with E-state index in [2.05, 4.69) is 11.0 Å². The lowest BCUT2D eigenvalue weighted by atomic mass is 9.97. The standard InChI is InChI=1S/C25H30N4O3S2/c1-27(2)34(31,32)19-11-12-22(28-13-5-6-14-28)20(16-19)25(30)29-15-7-8-18(17-29)24-26-21-9-3-4-10-23(21)33-24/h3-4,9-12,16,18H,5-8,13-15,17H2,1-2H3/t18-/m0/s1. The van der Waals surface area contributed by atoms with Crippen molar-refractivity contribution in [2.75, 3.05) is 45.2 Å². The molecule has 3 heterocycles. The Morgan fingerprint density at radius 2 is 1.82 bits per heavy atom. The van der Waals surface area contributed by atoms with E-state index in [-0.39, 0.29) is 16.7 Å². The van der Waals surface area contributed by atoms with Crippen LogP contribution in [-0.2, 0) is 10.0 Å². The number of hydrogen-bond donors (Lipinski definition) is 0. The molecule has 2 aliphatic rings. The number of nitrogens with zero attached hydrogens (tertiary/aromatic N) is 4. The highest BCUT2D eigenvalue weighted by atomic mass is 32.2. The molecule has 3 aromatic rings. The van der Waals surface area contributed by atoms with Crippen LogP contribution in [0.1, 0.15) is 47.0 Å². The Morgan fingerprint density at radius 1 is 1.06 bits per heavy atom. The highest BCUT2D eigenvalue weighted by Gasteiger charge is 2.31. The molecule has 1 aromatic heterocycles. The summed E-state index contributed by atoms with van der Waals surface area (Å²) in [6.45, 7) is 3.04. The number of sulfonamides is 1. The monoisotopic (exact) mass is 498 g/mol. The summed E-state index contributed by atoms with van der Waals surface area (Å²) >= 11 is 1.70. The molecule has 2 aromatic carbocycles. The molecule has 1 atom stereocenters. The number of rotatable bonds is 5. The molecule has 0 radical (unpaired) electrons. The third-order valence-corrected chi connectivity index (χ3v) is 9.80. The summed E-state index contributed by atoms with van der Waals surface area (Å²) in [7, 11) is -0.612. The molecule has 0 N–H and O–H groups in total. The van der Waals surface area contributed by atoms with Crippen molar-refractivity contribution in [1.82, 2.24) is 14.2 Å². The van der Waals surface area contributed by atoms with Crippen LogP contribution in [0.5, 0.6) is 0 Å². The topological polar surface area (TPSA) is 73.8 Å². The Morgan fingerprint density at radius 3 is 2.56 bits per heavy atom. The van der Waals surface area contributed by atoms with Gasteiger partial charge in [-0.1, -0.05) is 12.1 Å². The summed E-state index contributed by atoms with van der Waals surface area (Å²) < 4.78 is 28.0. The molecule has 34 heavy (non-hydrogen) atoms. The van der Waals surface area contributed by atoms with Crippen LogP contribution in [0.4, 0.5) is 5.69 Å². The molecule has 2 aliphatic heterocycles. The fourth-order valence-corrected chi connectivity index (χ4v) is 6.91. The number of anilines is 1.